The molecule has 0 amide bonds. The zero-order valence-electron chi connectivity index (χ0n) is 13.1. The molecule has 0 radical (unpaired) electrons. The van der Waals surface area contributed by atoms with Crippen LogP contribution in [0.25, 0.3) is 0 Å². The second-order valence-electron chi connectivity index (χ2n) is 5.73. The summed E-state index contributed by atoms with van der Waals surface area (Å²) >= 11 is 0. The molecule has 0 fully saturated rings. The number of aryl methyl sites for hydroxylation is 1. The molecule has 0 unspecified atom stereocenters. The lowest BCUT2D eigenvalue weighted by molar-refractivity contribution is 0.483. The lowest BCUT2D eigenvalue weighted by Gasteiger charge is -2.08. The van der Waals surface area contributed by atoms with Crippen LogP contribution in [-0.4, -0.2) is 26.1 Å². The first-order valence-corrected chi connectivity index (χ1v) is 8.31. The number of hydrogen-bond donors (Lipinski definition) is 2. The minimum atomic E-state index is -4.02. The van der Waals surface area contributed by atoms with Crippen molar-refractivity contribution in [1.29, 1.82) is 0 Å². The van der Waals surface area contributed by atoms with Crippen LogP contribution < -0.4 is 5.32 Å². The molecule has 0 saturated heterocycles. The fraction of sp³-hybridized carbons (Fsp3) is 0.600. The van der Waals surface area contributed by atoms with Gasteiger partial charge in [-0.1, -0.05) is 45.4 Å². The molecule has 1 rings (SSSR count). The van der Waals surface area contributed by atoms with Gasteiger partial charge in [0.2, 0.25) is 0 Å². The summed E-state index contributed by atoms with van der Waals surface area (Å²) in [7, 11) is -4.02. The Morgan fingerprint density at radius 2 is 1.40 bits per heavy atom. The van der Waals surface area contributed by atoms with Gasteiger partial charge < -0.3 is 5.32 Å². The minimum absolute atomic E-state index is 0.0666. The van der Waals surface area contributed by atoms with Crippen LogP contribution in [0.4, 0.5) is 0 Å². The van der Waals surface area contributed by atoms with Crippen molar-refractivity contribution in [2.75, 3.05) is 13.1 Å². The lowest BCUT2D eigenvalue weighted by Crippen LogP contribution is -2.23. The summed E-state index contributed by atoms with van der Waals surface area (Å²) in [4.78, 5) is -0.0666. The van der Waals surface area contributed by atoms with Gasteiger partial charge in [-0.25, -0.2) is 0 Å². The number of nitrogens with one attached hydrogen (secondary N) is 1. The molecule has 0 spiro atoms. The van der Waals surface area contributed by atoms with Gasteiger partial charge >= 0.3 is 0 Å². The van der Waals surface area contributed by atoms with Gasteiger partial charge in [0.05, 0.1) is 4.90 Å². The summed E-state index contributed by atoms with van der Waals surface area (Å²) in [5, 5.41) is 3.38. The molecule has 4 nitrogen and oxygen atoms in total. The van der Waals surface area contributed by atoms with E-state index in [9.17, 15) is 8.42 Å². The van der Waals surface area contributed by atoms with E-state index in [1.165, 1.54) is 12.1 Å². The SMILES string of the molecule is CC(C)CNCC(C)C.Cc1ccc(S(=O)(=O)O)cc1. The molecule has 20 heavy (non-hydrogen) atoms. The molecule has 5 heteroatoms. The van der Waals surface area contributed by atoms with E-state index >= 15 is 0 Å². The third-order valence-corrected chi connectivity index (χ3v) is 3.29. The highest BCUT2D eigenvalue weighted by molar-refractivity contribution is 7.85. The highest BCUT2D eigenvalue weighted by atomic mass is 32.2. The van der Waals surface area contributed by atoms with Gasteiger partial charge in [0.1, 0.15) is 0 Å². The monoisotopic (exact) mass is 301 g/mol. The van der Waals surface area contributed by atoms with Crippen LogP contribution in [-0.2, 0) is 10.1 Å². The molecular weight excluding hydrogens is 274 g/mol. The second-order valence-corrected chi connectivity index (χ2v) is 7.16. The first-order chi connectivity index (χ1) is 9.12. The van der Waals surface area contributed by atoms with Gasteiger partial charge in [-0.05, 0) is 44.0 Å². The zero-order valence-corrected chi connectivity index (χ0v) is 13.9. The maximum absolute atomic E-state index is 10.5. The summed E-state index contributed by atoms with van der Waals surface area (Å²) < 4.78 is 29.6. The molecule has 0 aromatic heterocycles. The first kappa shape index (κ1) is 19.1. The Hall–Kier alpha value is -0.910. The molecule has 0 aliphatic rings. The van der Waals surface area contributed by atoms with E-state index in [0.29, 0.717) is 0 Å². The van der Waals surface area contributed by atoms with Crippen molar-refractivity contribution in [3.63, 3.8) is 0 Å². The van der Waals surface area contributed by atoms with Crippen LogP contribution in [0.3, 0.4) is 0 Å². The van der Waals surface area contributed by atoms with Crippen molar-refractivity contribution in [2.45, 2.75) is 39.5 Å². The molecule has 0 bridgehead atoms. The van der Waals surface area contributed by atoms with Crippen LogP contribution in [0, 0.1) is 18.8 Å². The van der Waals surface area contributed by atoms with Crippen LogP contribution in [0.15, 0.2) is 29.2 Å². The molecule has 116 valence electrons. The Labute approximate surface area is 123 Å². The summed E-state index contributed by atoms with van der Waals surface area (Å²) in [5.74, 6) is 1.56. The quantitative estimate of drug-likeness (QED) is 0.820. The maximum Gasteiger partial charge on any atom is 0.294 e. The van der Waals surface area contributed by atoms with Crippen molar-refractivity contribution >= 4 is 10.1 Å². The van der Waals surface area contributed by atoms with Crippen molar-refractivity contribution in [3.8, 4) is 0 Å². The van der Waals surface area contributed by atoms with Crippen molar-refractivity contribution in [3.05, 3.63) is 29.8 Å². The topological polar surface area (TPSA) is 66.4 Å². The largest absolute Gasteiger partial charge is 0.316 e. The predicted octanol–water partition coefficient (Wildman–Crippen LogP) is 3.13. The molecule has 2 N–H and O–H groups in total. The molecule has 1 aromatic carbocycles. The smallest absolute Gasteiger partial charge is 0.294 e. The van der Waals surface area contributed by atoms with E-state index in [1.54, 1.807) is 12.1 Å². The normalized spacial score (nSPS) is 11.4. The fourth-order valence-corrected chi connectivity index (χ4v) is 1.85. The van der Waals surface area contributed by atoms with E-state index < -0.39 is 10.1 Å². The summed E-state index contributed by atoms with van der Waals surface area (Å²) in [6.45, 7) is 13.1. The molecule has 0 saturated carbocycles. The van der Waals surface area contributed by atoms with Gasteiger partial charge in [-0.3, -0.25) is 4.55 Å². The van der Waals surface area contributed by atoms with Gasteiger partial charge in [0.25, 0.3) is 10.1 Å². The minimum Gasteiger partial charge on any atom is -0.316 e. The van der Waals surface area contributed by atoms with E-state index in [0.717, 1.165) is 30.5 Å². The van der Waals surface area contributed by atoms with E-state index in [-0.39, 0.29) is 4.90 Å². The molecule has 0 heterocycles. The van der Waals surface area contributed by atoms with E-state index in [1.807, 2.05) is 6.92 Å². The predicted molar refractivity (Wildman–Crippen MR) is 83.5 cm³/mol. The lowest BCUT2D eigenvalue weighted by atomic mass is 10.2. The van der Waals surface area contributed by atoms with Gasteiger partial charge in [-0.2, -0.15) is 8.42 Å². The van der Waals surface area contributed by atoms with Crippen LogP contribution in [0.5, 0.6) is 0 Å². The summed E-state index contributed by atoms with van der Waals surface area (Å²) in [5.41, 5.74) is 0.956. The highest BCUT2D eigenvalue weighted by Crippen LogP contribution is 2.08. The van der Waals surface area contributed by atoms with E-state index in [4.69, 9.17) is 4.55 Å². The summed E-state index contributed by atoms with van der Waals surface area (Å²) in [6, 6.07) is 5.99. The maximum atomic E-state index is 10.5. The number of rotatable bonds is 5. The third-order valence-electron chi connectivity index (χ3n) is 2.42. The third kappa shape index (κ3) is 9.95. The average Bonchev–Trinajstić information content (AvgIpc) is 2.28. The van der Waals surface area contributed by atoms with Crippen LogP contribution in [0.2, 0.25) is 0 Å². The Bertz CT molecular complexity index is 456. The molecule has 1 aromatic rings. The second kappa shape index (κ2) is 9.10. The molecular formula is C15H27NO3S. The Morgan fingerprint density at radius 3 is 1.70 bits per heavy atom. The number of benzene rings is 1. The van der Waals surface area contributed by atoms with Gasteiger partial charge in [0.15, 0.2) is 0 Å². The van der Waals surface area contributed by atoms with Crippen molar-refractivity contribution in [1.82, 2.24) is 5.32 Å². The molecule has 0 aliphatic carbocycles. The number of hydrogen-bond acceptors (Lipinski definition) is 3. The van der Waals surface area contributed by atoms with Gasteiger partial charge in [0, 0.05) is 0 Å². The van der Waals surface area contributed by atoms with Gasteiger partial charge in [-0.15, -0.1) is 0 Å². The van der Waals surface area contributed by atoms with Crippen molar-refractivity contribution in [2.24, 2.45) is 11.8 Å². The van der Waals surface area contributed by atoms with Crippen LogP contribution >= 0.6 is 0 Å². The van der Waals surface area contributed by atoms with Crippen LogP contribution in [0.1, 0.15) is 33.3 Å². The Kier molecular flexibility index (Phi) is 8.69. The average molecular weight is 301 g/mol. The van der Waals surface area contributed by atoms with E-state index in [2.05, 4.69) is 33.0 Å². The first-order valence-electron chi connectivity index (χ1n) is 6.87. The fourth-order valence-electron chi connectivity index (χ4n) is 1.37. The Morgan fingerprint density at radius 1 is 1.00 bits per heavy atom. The molecule has 0 atom stereocenters. The summed E-state index contributed by atoms with van der Waals surface area (Å²) in [6.07, 6.45) is 0. The van der Waals surface area contributed by atoms with Crippen molar-refractivity contribution < 1.29 is 13.0 Å². The zero-order chi connectivity index (χ0) is 15.8. The highest BCUT2D eigenvalue weighted by Gasteiger charge is 2.06. The standard InChI is InChI=1S/C8H19N.C7H8O3S/c1-7(2)5-9-6-8(3)4;1-6-2-4-7(5-3-6)11(8,9)10/h7-9H,5-6H2,1-4H3;2-5H,1H3,(H,8,9,10). The Balaban J connectivity index is 0.000000370. The molecule has 0 aliphatic heterocycles.